The number of carbonyl (C=O) groups is 2. The van der Waals surface area contributed by atoms with Gasteiger partial charge in [-0.25, -0.2) is 17.7 Å². The standard InChI is InChI=1S/C24H31N5O4S/c1-4-5-15-29-20-12-11-18(34(32,33)28(2)3)16-19(20)26-21(29)13-14-22(30)27-23(24(25)31)17-9-7-6-8-10-17/h6-12,16,23H,4-5,13-15H2,1-3H3,(H2,25,31)(H,27,30). The fourth-order valence-electron chi connectivity index (χ4n) is 3.71. The number of fused-ring (bicyclic) bond motifs is 1. The van der Waals surface area contributed by atoms with E-state index in [1.54, 1.807) is 42.5 Å². The number of benzene rings is 2. The molecule has 1 heterocycles. The van der Waals surface area contributed by atoms with Gasteiger partial charge in [0.05, 0.1) is 15.9 Å². The van der Waals surface area contributed by atoms with Gasteiger partial charge in [0.2, 0.25) is 21.8 Å². The van der Waals surface area contributed by atoms with Crippen LogP contribution in [0.1, 0.15) is 43.6 Å². The van der Waals surface area contributed by atoms with E-state index < -0.39 is 22.0 Å². The topological polar surface area (TPSA) is 127 Å². The second kappa shape index (κ2) is 10.8. The van der Waals surface area contributed by atoms with Crippen molar-refractivity contribution in [1.29, 1.82) is 0 Å². The van der Waals surface area contributed by atoms with E-state index in [1.165, 1.54) is 14.1 Å². The normalized spacial score (nSPS) is 12.7. The molecule has 182 valence electrons. The second-order valence-corrected chi connectivity index (χ2v) is 10.4. The number of hydrogen-bond acceptors (Lipinski definition) is 5. The summed E-state index contributed by atoms with van der Waals surface area (Å²) in [5.74, 6) is -0.268. The number of sulfonamides is 1. The molecule has 0 fully saturated rings. The van der Waals surface area contributed by atoms with Crippen LogP contribution in [0.15, 0.2) is 53.4 Å². The molecule has 0 aliphatic rings. The highest BCUT2D eigenvalue weighted by Crippen LogP contribution is 2.23. The van der Waals surface area contributed by atoms with Crippen molar-refractivity contribution in [1.82, 2.24) is 19.2 Å². The number of carbonyl (C=O) groups excluding carboxylic acids is 2. The predicted octanol–water partition coefficient (Wildman–Crippen LogP) is 2.36. The maximum Gasteiger partial charge on any atom is 0.244 e. The Morgan fingerprint density at radius 2 is 1.85 bits per heavy atom. The molecule has 1 atom stereocenters. The highest BCUT2D eigenvalue weighted by Gasteiger charge is 2.22. The first-order chi connectivity index (χ1) is 16.1. The van der Waals surface area contributed by atoms with Crippen molar-refractivity contribution in [2.75, 3.05) is 14.1 Å². The Hall–Kier alpha value is -3.24. The molecule has 1 aromatic heterocycles. The van der Waals surface area contributed by atoms with Crippen LogP contribution in [-0.4, -0.2) is 48.2 Å². The summed E-state index contributed by atoms with van der Waals surface area (Å²) < 4.78 is 28.3. The Bertz CT molecular complexity index is 1270. The van der Waals surface area contributed by atoms with E-state index in [0.29, 0.717) is 29.9 Å². The van der Waals surface area contributed by atoms with Crippen LogP contribution in [-0.2, 0) is 32.6 Å². The number of amides is 2. The molecule has 0 spiro atoms. The number of imidazole rings is 1. The third-order valence-corrected chi connectivity index (χ3v) is 7.42. The third kappa shape index (κ3) is 5.63. The Morgan fingerprint density at radius 3 is 2.47 bits per heavy atom. The zero-order valence-electron chi connectivity index (χ0n) is 19.7. The van der Waals surface area contributed by atoms with Gasteiger partial charge in [0.25, 0.3) is 0 Å². The number of nitrogens with one attached hydrogen (secondary N) is 1. The van der Waals surface area contributed by atoms with Crippen LogP contribution in [0.25, 0.3) is 11.0 Å². The van der Waals surface area contributed by atoms with Crippen molar-refractivity contribution in [2.24, 2.45) is 5.73 Å². The molecule has 3 rings (SSSR count). The first-order valence-electron chi connectivity index (χ1n) is 11.2. The van der Waals surface area contributed by atoms with Crippen molar-refractivity contribution in [2.45, 2.75) is 50.1 Å². The molecule has 3 aromatic rings. The molecule has 3 N–H and O–H groups in total. The summed E-state index contributed by atoms with van der Waals surface area (Å²) in [4.78, 5) is 29.4. The smallest absolute Gasteiger partial charge is 0.244 e. The quantitative estimate of drug-likeness (QED) is 0.431. The number of nitrogens with two attached hydrogens (primary N) is 1. The van der Waals surface area contributed by atoms with Crippen LogP contribution in [0.3, 0.4) is 0 Å². The Morgan fingerprint density at radius 1 is 1.15 bits per heavy atom. The van der Waals surface area contributed by atoms with Gasteiger partial charge in [-0.2, -0.15) is 0 Å². The lowest BCUT2D eigenvalue weighted by atomic mass is 10.1. The molecule has 0 aliphatic carbocycles. The SMILES string of the molecule is CCCCn1c(CCC(=O)NC(C(N)=O)c2ccccc2)nc2cc(S(=O)(=O)N(C)C)ccc21. The molecular weight excluding hydrogens is 454 g/mol. The van der Waals surface area contributed by atoms with Crippen LogP contribution in [0.5, 0.6) is 0 Å². The van der Waals surface area contributed by atoms with Gasteiger partial charge in [-0.1, -0.05) is 43.7 Å². The fraction of sp³-hybridized carbons (Fsp3) is 0.375. The zero-order chi connectivity index (χ0) is 24.9. The van der Waals surface area contributed by atoms with E-state index in [0.717, 1.165) is 22.7 Å². The van der Waals surface area contributed by atoms with Gasteiger partial charge in [0, 0.05) is 33.5 Å². The molecule has 0 bridgehead atoms. The summed E-state index contributed by atoms with van der Waals surface area (Å²) in [6.45, 7) is 2.79. The molecule has 0 aliphatic heterocycles. The zero-order valence-corrected chi connectivity index (χ0v) is 20.5. The Balaban J connectivity index is 1.83. The molecule has 2 amide bonds. The van der Waals surface area contributed by atoms with Crippen LogP contribution in [0.2, 0.25) is 0 Å². The largest absolute Gasteiger partial charge is 0.368 e. The van der Waals surface area contributed by atoms with E-state index in [1.807, 2.05) is 10.6 Å². The van der Waals surface area contributed by atoms with E-state index in [9.17, 15) is 18.0 Å². The molecule has 0 radical (unpaired) electrons. The van der Waals surface area contributed by atoms with Crippen molar-refractivity contribution in [3.8, 4) is 0 Å². The number of primary amides is 1. The third-order valence-electron chi connectivity index (χ3n) is 5.61. The van der Waals surface area contributed by atoms with Crippen LogP contribution in [0.4, 0.5) is 0 Å². The Labute approximate surface area is 200 Å². The number of rotatable bonds is 11. The first kappa shape index (κ1) is 25.4. The number of unbranched alkanes of at least 4 members (excludes halogenated alkanes) is 1. The van der Waals surface area contributed by atoms with Crippen molar-refractivity contribution >= 4 is 32.9 Å². The summed E-state index contributed by atoms with van der Waals surface area (Å²) >= 11 is 0. The fourth-order valence-corrected chi connectivity index (χ4v) is 4.63. The molecule has 0 saturated carbocycles. The average molecular weight is 486 g/mol. The lowest BCUT2D eigenvalue weighted by Crippen LogP contribution is -2.37. The van der Waals surface area contributed by atoms with Crippen LogP contribution < -0.4 is 11.1 Å². The van der Waals surface area contributed by atoms with Crippen LogP contribution >= 0.6 is 0 Å². The van der Waals surface area contributed by atoms with Crippen molar-refractivity contribution in [3.63, 3.8) is 0 Å². The summed E-state index contributed by atoms with van der Waals surface area (Å²) in [6, 6.07) is 12.8. The minimum absolute atomic E-state index is 0.106. The predicted molar refractivity (Wildman–Crippen MR) is 130 cm³/mol. The molecule has 2 aromatic carbocycles. The second-order valence-electron chi connectivity index (χ2n) is 8.28. The van der Waals surface area contributed by atoms with Gasteiger partial charge < -0.3 is 15.6 Å². The minimum Gasteiger partial charge on any atom is -0.368 e. The van der Waals surface area contributed by atoms with E-state index in [2.05, 4.69) is 17.2 Å². The van der Waals surface area contributed by atoms with Gasteiger partial charge in [0.1, 0.15) is 11.9 Å². The number of hydrogen-bond donors (Lipinski definition) is 2. The van der Waals surface area contributed by atoms with Crippen LogP contribution in [0, 0.1) is 0 Å². The number of aromatic nitrogens is 2. The van der Waals surface area contributed by atoms with E-state index in [-0.39, 0.29) is 17.2 Å². The van der Waals surface area contributed by atoms with Gasteiger partial charge >= 0.3 is 0 Å². The lowest BCUT2D eigenvalue weighted by Gasteiger charge is -2.16. The molecule has 10 heteroatoms. The summed E-state index contributed by atoms with van der Waals surface area (Å²) in [5.41, 5.74) is 7.50. The lowest BCUT2D eigenvalue weighted by molar-refractivity contribution is -0.127. The summed E-state index contributed by atoms with van der Waals surface area (Å²) in [7, 11) is -0.618. The van der Waals surface area contributed by atoms with E-state index >= 15 is 0 Å². The number of nitrogens with zero attached hydrogens (tertiary/aromatic N) is 3. The molecule has 9 nitrogen and oxygen atoms in total. The van der Waals surface area contributed by atoms with Gasteiger partial charge in [0.15, 0.2) is 0 Å². The maximum absolute atomic E-state index is 12.7. The summed E-state index contributed by atoms with van der Waals surface area (Å²) in [6.07, 6.45) is 2.33. The van der Waals surface area contributed by atoms with Crippen molar-refractivity contribution in [3.05, 3.63) is 59.9 Å². The molecule has 34 heavy (non-hydrogen) atoms. The van der Waals surface area contributed by atoms with Gasteiger partial charge in [-0.3, -0.25) is 9.59 Å². The number of aryl methyl sites for hydroxylation is 2. The molecule has 0 saturated heterocycles. The minimum atomic E-state index is -3.59. The highest BCUT2D eigenvalue weighted by molar-refractivity contribution is 7.89. The first-order valence-corrected chi connectivity index (χ1v) is 12.6. The summed E-state index contributed by atoms with van der Waals surface area (Å²) in [5, 5.41) is 2.71. The highest BCUT2D eigenvalue weighted by atomic mass is 32.2. The van der Waals surface area contributed by atoms with Crippen molar-refractivity contribution < 1.29 is 18.0 Å². The average Bonchev–Trinajstić information content (AvgIpc) is 3.16. The monoisotopic (exact) mass is 485 g/mol. The Kier molecular flexibility index (Phi) is 8.06. The maximum atomic E-state index is 12.7. The van der Waals surface area contributed by atoms with Gasteiger partial charge in [-0.05, 0) is 30.2 Å². The molecular formula is C24H31N5O4S. The van der Waals surface area contributed by atoms with Gasteiger partial charge in [-0.15, -0.1) is 0 Å². The van der Waals surface area contributed by atoms with E-state index in [4.69, 9.17) is 5.73 Å². The molecule has 1 unspecified atom stereocenters.